The zero-order chi connectivity index (χ0) is 17.4. The van der Waals surface area contributed by atoms with Crippen molar-refractivity contribution in [3.8, 4) is 17.1 Å². The number of rotatable bonds is 4. The van der Waals surface area contributed by atoms with E-state index in [0.717, 1.165) is 29.3 Å². The van der Waals surface area contributed by atoms with Gasteiger partial charge in [-0.2, -0.15) is 0 Å². The van der Waals surface area contributed by atoms with Crippen molar-refractivity contribution < 1.29 is 14.1 Å². The van der Waals surface area contributed by atoms with E-state index in [1.54, 1.807) is 6.92 Å². The Hall–Kier alpha value is -2.74. The SMILES string of the molecule is Cc1nnsc1C(=O)NCc1cc(-c2ccc3c(c2)C[C@H](C)O3)on1. The molecule has 2 aromatic heterocycles. The van der Waals surface area contributed by atoms with Gasteiger partial charge < -0.3 is 14.6 Å². The third-order valence-corrected chi connectivity index (χ3v) is 4.85. The van der Waals surface area contributed by atoms with Crippen molar-refractivity contribution in [1.82, 2.24) is 20.1 Å². The minimum absolute atomic E-state index is 0.204. The fourth-order valence-electron chi connectivity index (χ4n) is 2.80. The summed E-state index contributed by atoms with van der Waals surface area (Å²) in [4.78, 5) is 12.6. The summed E-state index contributed by atoms with van der Waals surface area (Å²) < 4.78 is 14.9. The summed E-state index contributed by atoms with van der Waals surface area (Å²) >= 11 is 1.08. The quantitative estimate of drug-likeness (QED) is 0.773. The average Bonchev–Trinajstić information content (AvgIpc) is 3.30. The lowest BCUT2D eigenvalue weighted by Gasteiger charge is -2.02. The summed E-state index contributed by atoms with van der Waals surface area (Å²) in [6.45, 7) is 4.09. The number of aromatic nitrogens is 3. The van der Waals surface area contributed by atoms with Gasteiger partial charge in [-0.05, 0) is 49.1 Å². The fraction of sp³-hybridized carbons (Fsp3) is 0.294. The normalized spacial score (nSPS) is 15.7. The highest BCUT2D eigenvalue weighted by Crippen LogP contribution is 2.33. The van der Waals surface area contributed by atoms with Crippen LogP contribution in [0.4, 0.5) is 0 Å². The van der Waals surface area contributed by atoms with Gasteiger partial charge in [-0.25, -0.2) is 0 Å². The van der Waals surface area contributed by atoms with Crippen molar-refractivity contribution in [1.29, 1.82) is 0 Å². The number of hydrogen-bond donors (Lipinski definition) is 1. The van der Waals surface area contributed by atoms with Crippen LogP contribution >= 0.6 is 11.5 Å². The van der Waals surface area contributed by atoms with E-state index >= 15 is 0 Å². The highest BCUT2D eigenvalue weighted by Gasteiger charge is 2.20. The summed E-state index contributed by atoms with van der Waals surface area (Å²) in [5.41, 5.74) is 3.40. The second-order valence-corrected chi connectivity index (χ2v) is 6.76. The number of carbonyl (C=O) groups excluding carboxylic acids is 1. The third kappa shape index (κ3) is 3.12. The van der Waals surface area contributed by atoms with Crippen LogP contribution in [0.3, 0.4) is 0 Å². The summed E-state index contributed by atoms with van der Waals surface area (Å²) in [5.74, 6) is 1.39. The van der Waals surface area contributed by atoms with Gasteiger partial charge in [-0.3, -0.25) is 4.79 Å². The van der Waals surface area contributed by atoms with Crippen LogP contribution in [0.15, 0.2) is 28.8 Å². The number of nitrogens with one attached hydrogen (secondary N) is 1. The first kappa shape index (κ1) is 15.8. The highest BCUT2D eigenvalue weighted by atomic mass is 32.1. The van der Waals surface area contributed by atoms with Crippen molar-refractivity contribution in [2.24, 2.45) is 0 Å². The van der Waals surface area contributed by atoms with Crippen molar-refractivity contribution in [3.05, 3.63) is 46.1 Å². The Balaban J connectivity index is 1.45. The lowest BCUT2D eigenvalue weighted by molar-refractivity contribution is 0.0953. The van der Waals surface area contributed by atoms with Gasteiger partial charge >= 0.3 is 0 Å². The molecule has 0 fully saturated rings. The first-order valence-electron chi connectivity index (χ1n) is 7.93. The number of fused-ring (bicyclic) bond motifs is 1. The van der Waals surface area contributed by atoms with Gasteiger partial charge in [0.2, 0.25) is 0 Å². The molecular formula is C17H16N4O3S. The second-order valence-electron chi connectivity index (χ2n) is 6.01. The van der Waals surface area contributed by atoms with E-state index in [-0.39, 0.29) is 18.6 Å². The Morgan fingerprint density at radius 1 is 1.40 bits per heavy atom. The molecule has 0 unspecified atom stereocenters. The lowest BCUT2D eigenvalue weighted by Crippen LogP contribution is -2.22. The minimum Gasteiger partial charge on any atom is -0.490 e. The van der Waals surface area contributed by atoms with Crippen LogP contribution in [-0.2, 0) is 13.0 Å². The highest BCUT2D eigenvalue weighted by molar-refractivity contribution is 7.07. The van der Waals surface area contributed by atoms with Gasteiger partial charge in [0.25, 0.3) is 5.91 Å². The second kappa shape index (κ2) is 6.29. The maximum atomic E-state index is 12.1. The minimum atomic E-state index is -0.208. The third-order valence-electron chi connectivity index (χ3n) is 4.03. The number of benzene rings is 1. The smallest absolute Gasteiger partial charge is 0.265 e. The molecule has 0 radical (unpaired) electrons. The molecule has 128 valence electrons. The number of aryl methyl sites for hydroxylation is 1. The number of nitrogens with zero attached hydrogens (tertiary/aromatic N) is 3. The Kier molecular flexibility index (Phi) is 3.96. The molecule has 0 spiro atoms. The summed E-state index contributed by atoms with van der Waals surface area (Å²) in [6, 6.07) is 7.80. The van der Waals surface area contributed by atoms with Crippen molar-refractivity contribution in [2.75, 3.05) is 0 Å². The summed E-state index contributed by atoms with van der Waals surface area (Å²) in [7, 11) is 0. The van der Waals surface area contributed by atoms with E-state index in [9.17, 15) is 4.79 Å². The Morgan fingerprint density at radius 2 is 2.28 bits per heavy atom. The Labute approximate surface area is 148 Å². The Morgan fingerprint density at radius 3 is 3.08 bits per heavy atom. The van der Waals surface area contributed by atoms with E-state index < -0.39 is 0 Å². The number of carbonyl (C=O) groups is 1. The standard InChI is InChI=1S/C17H16N4O3S/c1-9-5-12-6-11(3-4-14(12)23-9)15-7-13(20-24-15)8-18-17(22)16-10(2)19-21-25-16/h3-4,6-7,9H,5,8H2,1-2H3,(H,18,22)/t9-/m0/s1. The molecule has 3 heterocycles. The van der Waals surface area contributed by atoms with Gasteiger partial charge in [-0.15, -0.1) is 5.10 Å². The monoisotopic (exact) mass is 356 g/mol. The van der Waals surface area contributed by atoms with Gasteiger partial charge in [0.05, 0.1) is 12.2 Å². The van der Waals surface area contributed by atoms with Gasteiger partial charge in [0, 0.05) is 18.1 Å². The molecule has 3 aromatic rings. The van der Waals surface area contributed by atoms with E-state index in [0.29, 0.717) is 22.0 Å². The van der Waals surface area contributed by atoms with E-state index in [4.69, 9.17) is 9.26 Å². The number of amides is 1. The molecule has 0 bridgehead atoms. The zero-order valence-electron chi connectivity index (χ0n) is 13.8. The van der Waals surface area contributed by atoms with Crippen LogP contribution in [0.1, 0.15) is 33.5 Å². The van der Waals surface area contributed by atoms with E-state index in [1.807, 2.05) is 18.2 Å². The van der Waals surface area contributed by atoms with Crippen LogP contribution in [0.5, 0.6) is 5.75 Å². The molecule has 7 nitrogen and oxygen atoms in total. The molecule has 0 aliphatic carbocycles. The van der Waals surface area contributed by atoms with E-state index in [2.05, 4.69) is 33.1 Å². The van der Waals surface area contributed by atoms with Crippen LogP contribution in [0, 0.1) is 6.92 Å². The summed E-state index contributed by atoms with van der Waals surface area (Å²) in [6.07, 6.45) is 1.10. The molecule has 1 aliphatic rings. The molecule has 4 rings (SSSR count). The molecule has 1 N–H and O–H groups in total. The maximum Gasteiger partial charge on any atom is 0.265 e. The van der Waals surface area contributed by atoms with Crippen molar-refractivity contribution >= 4 is 17.4 Å². The summed E-state index contributed by atoms with van der Waals surface area (Å²) in [5, 5.41) is 10.7. The predicted octanol–water partition coefficient (Wildman–Crippen LogP) is 2.75. The molecule has 1 aliphatic heterocycles. The van der Waals surface area contributed by atoms with Crippen LogP contribution < -0.4 is 10.1 Å². The molecular weight excluding hydrogens is 340 g/mol. The largest absolute Gasteiger partial charge is 0.490 e. The number of hydrogen-bond acceptors (Lipinski definition) is 7. The van der Waals surface area contributed by atoms with E-state index in [1.165, 1.54) is 5.56 Å². The Bertz CT molecular complexity index is 934. The fourth-order valence-corrected chi connectivity index (χ4v) is 3.37. The lowest BCUT2D eigenvalue weighted by atomic mass is 10.1. The van der Waals surface area contributed by atoms with Crippen molar-refractivity contribution in [2.45, 2.75) is 32.9 Å². The van der Waals surface area contributed by atoms with Gasteiger partial charge in [-0.1, -0.05) is 9.64 Å². The number of ether oxygens (including phenoxy) is 1. The molecule has 1 aromatic carbocycles. The zero-order valence-corrected chi connectivity index (χ0v) is 14.6. The first-order valence-corrected chi connectivity index (χ1v) is 8.70. The molecule has 1 atom stereocenters. The molecule has 0 saturated heterocycles. The van der Waals surface area contributed by atoms with Crippen LogP contribution in [0.2, 0.25) is 0 Å². The maximum absolute atomic E-state index is 12.1. The average molecular weight is 356 g/mol. The van der Waals surface area contributed by atoms with Crippen LogP contribution in [0.25, 0.3) is 11.3 Å². The van der Waals surface area contributed by atoms with Gasteiger partial charge in [0.15, 0.2) is 5.76 Å². The topological polar surface area (TPSA) is 90.1 Å². The molecule has 25 heavy (non-hydrogen) atoms. The first-order chi connectivity index (χ1) is 12.1. The van der Waals surface area contributed by atoms with Gasteiger partial charge in [0.1, 0.15) is 22.4 Å². The van der Waals surface area contributed by atoms with Crippen molar-refractivity contribution in [3.63, 3.8) is 0 Å². The predicted molar refractivity (Wildman–Crippen MR) is 91.5 cm³/mol. The molecule has 8 heteroatoms. The molecule has 0 saturated carbocycles. The molecule has 1 amide bonds. The van der Waals surface area contributed by atoms with Crippen LogP contribution in [-0.4, -0.2) is 26.8 Å².